The molecule has 0 aliphatic heterocycles. The monoisotopic (exact) mass is 286 g/mol. The average molecular weight is 286 g/mol. The zero-order valence-corrected chi connectivity index (χ0v) is 12.5. The van der Waals surface area contributed by atoms with Crippen molar-refractivity contribution in [3.05, 3.63) is 9.81 Å². The number of hydrogen-bond acceptors (Lipinski definition) is 5. The summed E-state index contributed by atoms with van der Waals surface area (Å²) >= 11 is 1.20. The molecule has 0 aliphatic rings. The van der Waals surface area contributed by atoms with Crippen LogP contribution in [0.5, 0.6) is 0 Å². The Morgan fingerprint density at radius 1 is 1.47 bits per heavy atom. The molecule has 1 heterocycles. The fraction of sp³-hybridized carbons (Fsp3) is 0.636. The van der Waals surface area contributed by atoms with Crippen molar-refractivity contribution >= 4 is 23.5 Å². The number of urea groups is 1. The van der Waals surface area contributed by atoms with Gasteiger partial charge in [-0.05, 0) is 20.3 Å². The summed E-state index contributed by atoms with van der Waals surface area (Å²) in [4.78, 5) is 28.8. The van der Waals surface area contributed by atoms with Gasteiger partial charge in [-0.3, -0.25) is 0 Å². The van der Waals surface area contributed by atoms with Crippen molar-refractivity contribution < 1.29 is 14.3 Å². The van der Waals surface area contributed by atoms with E-state index >= 15 is 0 Å². The minimum atomic E-state index is -0.628. The normalized spacial score (nSPS) is 11.8. The van der Waals surface area contributed by atoms with Crippen molar-refractivity contribution in [2.75, 3.05) is 14.1 Å². The van der Waals surface area contributed by atoms with Gasteiger partial charge in [0, 0.05) is 14.1 Å². The Labute approximate surface area is 115 Å². The fourth-order valence-electron chi connectivity index (χ4n) is 1.09. The summed E-state index contributed by atoms with van der Waals surface area (Å²) in [6, 6.07) is -0.447. The van der Waals surface area contributed by atoms with E-state index in [4.69, 9.17) is 4.74 Å². The van der Waals surface area contributed by atoms with E-state index in [2.05, 4.69) is 10.1 Å². The molecule has 7 nitrogen and oxygen atoms in total. The average Bonchev–Trinajstić information content (AvgIpc) is 2.71. The summed E-state index contributed by atoms with van der Waals surface area (Å²) in [5.74, 6) is 0. The zero-order valence-electron chi connectivity index (χ0n) is 11.7. The minimum absolute atomic E-state index is 0.223. The van der Waals surface area contributed by atoms with Crippen LogP contribution in [-0.4, -0.2) is 47.0 Å². The lowest BCUT2D eigenvalue weighted by atomic mass is 10.5. The molecule has 0 unspecified atom stereocenters. The van der Waals surface area contributed by atoms with E-state index in [1.54, 1.807) is 27.9 Å². The van der Waals surface area contributed by atoms with Crippen molar-refractivity contribution in [1.29, 1.82) is 0 Å². The molecule has 0 radical (unpaired) electrons. The molecule has 19 heavy (non-hydrogen) atoms. The van der Waals surface area contributed by atoms with Crippen molar-refractivity contribution in [1.82, 2.24) is 14.7 Å². The van der Waals surface area contributed by atoms with Gasteiger partial charge in [0.05, 0.1) is 6.10 Å². The van der Waals surface area contributed by atoms with Crippen LogP contribution < -0.4 is 4.80 Å². The van der Waals surface area contributed by atoms with E-state index in [9.17, 15) is 9.59 Å². The highest BCUT2D eigenvalue weighted by Crippen LogP contribution is 2.02. The topological polar surface area (TPSA) is 76.8 Å². The molecular weight excluding hydrogens is 268 g/mol. The molecule has 8 heteroatoms. The van der Waals surface area contributed by atoms with Crippen LogP contribution in [0.2, 0.25) is 0 Å². The molecule has 0 bridgehead atoms. The molecule has 0 spiro atoms. The second-order valence-electron chi connectivity index (χ2n) is 4.27. The van der Waals surface area contributed by atoms with Crippen LogP contribution in [0.15, 0.2) is 4.99 Å². The fourth-order valence-corrected chi connectivity index (χ4v) is 1.89. The molecule has 0 saturated heterocycles. The van der Waals surface area contributed by atoms with Gasteiger partial charge in [-0.1, -0.05) is 18.3 Å². The number of aryl methyl sites for hydroxylation is 1. The second-order valence-corrected chi connectivity index (χ2v) is 5.31. The second kappa shape index (κ2) is 6.46. The Morgan fingerprint density at radius 2 is 2.11 bits per heavy atom. The molecule has 1 aromatic rings. The van der Waals surface area contributed by atoms with Crippen molar-refractivity contribution in [3.8, 4) is 0 Å². The Kier molecular flexibility index (Phi) is 5.22. The summed E-state index contributed by atoms with van der Waals surface area (Å²) in [6.45, 7) is 5.40. The molecular formula is C11H18N4O3S. The Balaban J connectivity index is 3.20. The first-order chi connectivity index (χ1) is 8.85. The van der Waals surface area contributed by atoms with E-state index in [-0.39, 0.29) is 10.9 Å². The molecule has 0 aliphatic carbocycles. The van der Waals surface area contributed by atoms with E-state index in [0.717, 1.165) is 4.68 Å². The molecule has 106 valence electrons. The van der Waals surface area contributed by atoms with Gasteiger partial charge in [-0.25, -0.2) is 9.59 Å². The van der Waals surface area contributed by atoms with Gasteiger partial charge >= 0.3 is 12.1 Å². The lowest BCUT2D eigenvalue weighted by Gasteiger charge is -2.07. The highest BCUT2D eigenvalue weighted by atomic mass is 32.1. The molecule has 0 atom stereocenters. The summed E-state index contributed by atoms with van der Waals surface area (Å²) in [5.41, 5.74) is 0. The van der Waals surface area contributed by atoms with E-state index in [1.165, 1.54) is 16.2 Å². The summed E-state index contributed by atoms with van der Waals surface area (Å²) in [5, 5.41) is 4.80. The third-order valence-electron chi connectivity index (χ3n) is 1.99. The first kappa shape index (κ1) is 15.4. The van der Waals surface area contributed by atoms with E-state index in [1.807, 2.05) is 6.92 Å². The van der Waals surface area contributed by atoms with Gasteiger partial charge in [0.25, 0.3) is 0 Å². The maximum absolute atomic E-state index is 11.9. The number of aromatic nitrogens is 2. The largest absolute Gasteiger partial charge is 0.445 e. The quantitative estimate of drug-likeness (QED) is 0.825. The molecule has 0 saturated carbocycles. The maximum atomic E-state index is 11.9. The van der Waals surface area contributed by atoms with E-state index < -0.39 is 12.1 Å². The summed E-state index contributed by atoms with van der Waals surface area (Å²) in [6.07, 6.45) is -0.230. The number of carbonyl (C=O) groups is 2. The Hall–Kier alpha value is -1.70. The van der Waals surface area contributed by atoms with Crippen LogP contribution in [0.25, 0.3) is 0 Å². The highest BCUT2D eigenvalue weighted by molar-refractivity contribution is 7.08. The number of hydrogen-bond donors (Lipinski definition) is 0. The van der Waals surface area contributed by atoms with Gasteiger partial charge < -0.3 is 9.64 Å². The highest BCUT2D eigenvalue weighted by Gasteiger charge is 2.15. The maximum Gasteiger partial charge on any atom is 0.437 e. The first-order valence-electron chi connectivity index (χ1n) is 5.91. The van der Waals surface area contributed by atoms with Crippen molar-refractivity contribution in [2.45, 2.75) is 33.3 Å². The number of rotatable bonds is 2. The van der Waals surface area contributed by atoms with Gasteiger partial charge in [-0.15, -0.1) is 4.68 Å². The molecule has 2 amide bonds. The third kappa shape index (κ3) is 4.16. The first-order valence-corrected chi connectivity index (χ1v) is 6.72. The summed E-state index contributed by atoms with van der Waals surface area (Å²) < 4.78 is 6.09. The number of ether oxygens (including phenoxy) is 1. The number of nitrogens with zero attached hydrogens (tertiary/aromatic N) is 4. The van der Waals surface area contributed by atoms with Crippen LogP contribution in [0, 0.1) is 0 Å². The Bertz CT molecular complexity index is 530. The van der Waals surface area contributed by atoms with E-state index in [0.29, 0.717) is 11.4 Å². The smallest absolute Gasteiger partial charge is 0.437 e. The van der Waals surface area contributed by atoms with Crippen molar-refractivity contribution in [2.24, 2.45) is 4.99 Å². The van der Waals surface area contributed by atoms with Crippen LogP contribution in [0.1, 0.15) is 25.8 Å². The number of carbonyl (C=O) groups excluding carboxylic acids is 2. The molecule has 0 N–H and O–H groups in total. The van der Waals surface area contributed by atoms with Crippen LogP contribution in [-0.2, 0) is 11.2 Å². The Morgan fingerprint density at radius 3 is 2.58 bits per heavy atom. The van der Waals surface area contributed by atoms with Gasteiger partial charge in [0.1, 0.15) is 5.01 Å². The lowest BCUT2D eigenvalue weighted by molar-refractivity contribution is 0.113. The summed E-state index contributed by atoms with van der Waals surface area (Å²) in [7, 11) is 3.18. The predicted octanol–water partition coefficient (Wildman–Crippen LogP) is 1.48. The molecule has 0 aromatic carbocycles. The van der Waals surface area contributed by atoms with Crippen molar-refractivity contribution in [3.63, 3.8) is 0 Å². The standard InChI is InChI=1S/C11H18N4O3S/c1-6-8-13-15(11(17)18-7(2)3)10(19-8)12-9(16)14(4)5/h7H,6H2,1-5H3. The van der Waals surface area contributed by atoms with Crippen LogP contribution in [0.3, 0.4) is 0 Å². The van der Waals surface area contributed by atoms with Gasteiger partial charge in [-0.2, -0.15) is 10.1 Å². The molecule has 1 aromatic heterocycles. The minimum Gasteiger partial charge on any atom is -0.445 e. The third-order valence-corrected chi connectivity index (χ3v) is 3.04. The molecule has 0 fully saturated rings. The molecule has 1 rings (SSSR count). The van der Waals surface area contributed by atoms with Crippen LogP contribution in [0.4, 0.5) is 9.59 Å². The zero-order chi connectivity index (χ0) is 14.6. The van der Waals surface area contributed by atoms with Crippen LogP contribution >= 0.6 is 11.3 Å². The lowest BCUT2D eigenvalue weighted by Crippen LogP contribution is -2.30. The number of amides is 2. The van der Waals surface area contributed by atoms with Gasteiger partial charge in [0.2, 0.25) is 4.80 Å². The predicted molar refractivity (Wildman–Crippen MR) is 71.1 cm³/mol. The SMILES string of the molecule is CCc1nn(C(=O)OC(C)C)c(=NC(=O)N(C)C)s1. The van der Waals surface area contributed by atoms with Gasteiger partial charge in [0.15, 0.2) is 0 Å².